The van der Waals surface area contributed by atoms with Gasteiger partial charge in [-0.05, 0) is 80.6 Å². The van der Waals surface area contributed by atoms with Crippen LogP contribution in [-0.2, 0) is 0 Å². The molecule has 0 saturated carbocycles. The number of benzene rings is 3. The number of halogens is 1. The molecule has 0 radical (unpaired) electrons. The van der Waals surface area contributed by atoms with Crippen molar-refractivity contribution in [2.24, 2.45) is 5.92 Å². The third-order valence-corrected chi connectivity index (χ3v) is 7.12. The molecular weight excluding hydrogens is 447 g/mol. The van der Waals surface area contributed by atoms with E-state index in [0.717, 1.165) is 16.3 Å². The Kier molecular flexibility index (Phi) is 7.68. The molecule has 0 bridgehead atoms. The number of piperidine rings is 1. The molecule has 1 amide bonds. The highest BCUT2D eigenvalue weighted by Gasteiger charge is 2.28. The fraction of sp³-hybridized carbons (Fsp3) is 0.286. The van der Waals surface area contributed by atoms with Gasteiger partial charge in [0.05, 0.1) is 5.56 Å². The number of carbonyl (C=O) groups is 2. The van der Waals surface area contributed by atoms with Crippen molar-refractivity contribution in [2.45, 2.75) is 24.7 Å². The molecule has 0 aromatic heterocycles. The Labute approximate surface area is 204 Å². The molecule has 1 aliphatic rings. The third-order valence-electron chi connectivity index (χ3n) is 6.40. The first-order valence-corrected chi connectivity index (χ1v) is 12.8. The summed E-state index contributed by atoms with van der Waals surface area (Å²) in [5.74, 6) is -0.393. The van der Waals surface area contributed by atoms with Crippen molar-refractivity contribution >= 4 is 34.8 Å². The SMILES string of the molecule is CCN(C(=O)c1ccccc1N1CCC(C(=O)c2ccc(F)cc2)CC1)c1cccc(SC)c1. The van der Waals surface area contributed by atoms with E-state index in [1.165, 1.54) is 12.1 Å². The second kappa shape index (κ2) is 10.9. The number of nitrogens with zero attached hydrogens (tertiary/aromatic N) is 2. The predicted molar refractivity (Wildman–Crippen MR) is 138 cm³/mol. The average molecular weight is 477 g/mol. The van der Waals surface area contributed by atoms with Gasteiger partial charge in [0.15, 0.2) is 5.78 Å². The zero-order valence-electron chi connectivity index (χ0n) is 19.5. The van der Waals surface area contributed by atoms with Gasteiger partial charge in [0, 0.05) is 47.4 Å². The Balaban J connectivity index is 1.50. The Morgan fingerprint density at radius 1 is 1.00 bits per heavy atom. The fourth-order valence-corrected chi connectivity index (χ4v) is 4.98. The van der Waals surface area contributed by atoms with Crippen LogP contribution in [-0.4, -0.2) is 37.6 Å². The summed E-state index contributed by atoms with van der Waals surface area (Å²) < 4.78 is 13.2. The smallest absolute Gasteiger partial charge is 0.260 e. The Bertz CT molecular complexity index is 1160. The van der Waals surface area contributed by atoms with Gasteiger partial charge in [-0.25, -0.2) is 4.39 Å². The zero-order valence-corrected chi connectivity index (χ0v) is 20.4. The van der Waals surface area contributed by atoms with Crippen LogP contribution in [0.25, 0.3) is 0 Å². The van der Waals surface area contributed by atoms with Gasteiger partial charge in [0.25, 0.3) is 5.91 Å². The number of para-hydroxylation sites is 1. The van der Waals surface area contributed by atoms with Gasteiger partial charge < -0.3 is 9.80 Å². The van der Waals surface area contributed by atoms with Crippen LogP contribution in [0.15, 0.2) is 77.7 Å². The van der Waals surface area contributed by atoms with Crippen molar-refractivity contribution in [3.8, 4) is 0 Å². The summed E-state index contributed by atoms with van der Waals surface area (Å²) in [6.45, 7) is 3.93. The van der Waals surface area contributed by atoms with Gasteiger partial charge in [-0.3, -0.25) is 9.59 Å². The predicted octanol–water partition coefficient (Wildman–Crippen LogP) is 6.31. The number of Topliss-reactive ketones (excluding diaryl/α,β-unsaturated/α-hetero) is 1. The molecule has 34 heavy (non-hydrogen) atoms. The highest BCUT2D eigenvalue weighted by Crippen LogP contribution is 2.30. The van der Waals surface area contributed by atoms with Gasteiger partial charge in [0.2, 0.25) is 0 Å². The maximum absolute atomic E-state index is 13.6. The molecule has 4 nitrogen and oxygen atoms in total. The molecule has 1 heterocycles. The Morgan fingerprint density at radius 3 is 2.38 bits per heavy atom. The highest BCUT2D eigenvalue weighted by atomic mass is 32.2. The van der Waals surface area contributed by atoms with Gasteiger partial charge in [-0.1, -0.05) is 18.2 Å². The first-order chi connectivity index (χ1) is 16.5. The molecule has 1 aliphatic heterocycles. The number of anilines is 2. The summed E-state index contributed by atoms with van der Waals surface area (Å²) in [6.07, 6.45) is 3.43. The van der Waals surface area contributed by atoms with Crippen molar-refractivity contribution in [3.63, 3.8) is 0 Å². The topological polar surface area (TPSA) is 40.6 Å². The standard InChI is InChI=1S/C28H29FN2O2S/c1-3-31(23-7-6-8-24(19-23)34-2)28(33)25-9-4-5-10-26(25)30-17-15-21(16-18-30)27(32)20-11-13-22(29)14-12-20/h4-14,19,21H,3,15-18H2,1-2H3. The van der Waals surface area contributed by atoms with Gasteiger partial charge in [0.1, 0.15) is 5.82 Å². The minimum absolute atomic E-state index is 0.0270. The Hall–Kier alpha value is -3.12. The van der Waals surface area contributed by atoms with Gasteiger partial charge in [-0.15, -0.1) is 11.8 Å². The molecule has 1 saturated heterocycles. The molecule has 176 valence electrons. The average Bonchev–Trinajstić information content (AvgIpc) is 2.89. The van der Waals surface area contributed by atoms with Crippen LogP contribution in [0.1, 0.15) is 40.5 Å². The number of amides is 1. The minimum atomic E-state index is -0.339. The molecular formula is C28H29FN2O2S. The first-order valence-electron chi connectivity index (χ1n) is 11.6. The van der Waals surface area contributed by atoms with E-state index in [2.05, 4.69) is 4.90 Å². The summed E-state index contributed by atoms with van der Waals surface area (Å²) >= 11 is 1.65. The van der Waals surface area contributed by atoms with E-state index in [1.54, 1.807) is 23.9 Å². The van der Waals surface area contributed by atoms with Crippen molar-refractivity contribution in [3.05, 3.63) is 89.7 Å². The second-order valence-corrected chi connectivity index (χ2v) is 9.28. The number of hydrogen-bond donors (Lipinski definition) is 0. The van der Waals surface area contributed by atoms with Crippen LogP contribution in [0.4, 0.5) is 15.8 Å². The second-order valence-electron chi connectivity index (χ2n) is 8.40. The third kappa shape index (κ3) is 5.17. The molecule has 0 aliphatic carbocycles. The lowest BCUT2D eigenvalue weighted by molar-refractivity contribution is 0.0899. The maximum Gasteiger partial charge on any atom is 0.260 e. The molecule has 3 aromatic carbocycles. The lowest BCUT2D eigenvalue weighted by Gasteiger charge is -2.34. The number of carbonyl (C=O) groups excluding carboxylic acids is 2. The van der Waals surface area contributed by atoms with Crippen LogP contribution in [0.5, 0.6) is 0 Å². The number of rotatable bonds is 7. The summed E-state index contributed by atoms with van der Waals surface area (Å²) in [5.41, 5.74) is 3.01. The minimum Gasteiger partial charge on any atom is -0.371 e. The lowest BCUT2D eigenvalue weighted by atomic mass is 9.88. The van der Waals surface area contributed by atoms with Crippen LogP contribution < -0.4 is 9.80 Å². The van der Waals surface area contributed by atoms with Gasteiger partial charge >= 0.3 is 0 Å². The van der Waals surface area contributed by atoms with E-state index in [0.29, 0.717) is 43.6 Å². The van der Waals surface area contributed by atoms with E-state index >= 15 is 0 Å². The quantitative estimate of drug-likeness (QED) is 0.296. The van der Waals surface area contributed by atoms with Crippen LogP contribution in [0.3, 0.4) is 0 Å². The van der Waals surface area contributed by atoms with E-state index < -0.39 is 0 Å². The monoisotopic (exact) mass is 476 g/mol. The molecule has 1 fully saturated rings. The molecule has 0 atom stereocenters. The van der Waals surface area contributed by atoms with Crippen molar-refractivity contribution in [2.75, 3.05) is 35.7 Å². The Morgan fingerprint density at radius 2 is 1.71 bits per heavy atom. The largest absolute Gasteiger partial charge is 0.371 e. The maximum atomic E-state index is 13.6. The summed E-state index contributed by atoms with van der Waals surface area (Å²) in [7, 11) is 0. The first kappa shape index (κ1) is 24.0. The van der Waals surface area contributed by atoms with Gasteiger partial charge in [-0.2, -0.15) is 0 Å². The van der Waals surface area contributed by atoms with E-state index in [9.17, 15) is 14.0 Å². The highest BCUT2D eigenvalue weighted by molar-refractivity contribution is 7.98. The van der Waals surface area contributed by atoms with E-state index in [4.69, 9.17) is 0 Å². The number of ketones is 1. The van der Waals surface area contributed by atoms with Crippen LogP contribution >= 0.6 is 11.8 Å². The van der Waals surface area contributed by atoms with Crippen molar-refractivity contribution in [1.82, 2.24) is 0 Å². The van der Waals surface area contributed by atoms with E-state index in [1.807, 2.05) is 66.6 Å². The zero-order chi connectivity index (χ0) is 24.1. The van der Waals surface area contributed by atoms with Crippen LogP contribution in [0, 0.1) is 11.7 Å². The summed E-state index contributed by atoms with van der Waals surface area (Å²) in [4.78, 5) is 31.6. The number of hydrogen-bond acceptors (Lipinski definition) is 4. The molecule has 6 heteroatoms. The molecule has 3 aromatic rings. The van der Waals surface area contributed by atoms with Crippen molar-refractivity contribution in [1.29, 1.82) is 0 Å². The molecule has 4 rings (SSSR count). The lowest BCUT2D eigenvalue weighted by Crippen LogP contribution is -2.38. The summed E-state index contributed by atoms with van der Waals surface area (Å²) in [6, 6.07) is 21.5. The molecule has 0 unspecified atom stereocenters. The molecule has 0 N–H and O–H groups in total. The van der Waals surface area contributed by atoms with Crippen LogP contribution in [0.2, 0.25) is 0 Å². The molecule has 0 spiro atoms. The van der Waals surface area contributed by atoms with Crippen molar-refractivity contribution < 1.29 is 14.0 Å². The normalized spacial score (nSPS) is 14.1. The van der Waals surface area contributed by atoms with E-state index in [-0.39, 0.29) is 23.4 Å². The fourth-order valence-electron chi connectivity index (χ4n) is 4.53. The number of thioether (sulfide) groups is 1. The summed E-state index contributed by atoms with van der Waals surface area (Å²) in [5, 5.41) is 0.